The zero-order valence-corrected chi connectivity index (χ0v) is 11.0. The fraction of sp³-hybridized carbons (Fsp3) is 0.429. The lowest BCUT2D eigenvalue weighted by Crippen LogP contribution is -2.36. The van der Waals surface area contributed by atoms with Crippen LogP contribution >= 0.6 is 0 Å². The predicted octanol–water partition coefficient (Wildman–Crippen LogP) is 1.02. The number of hydrogen-bond acceptors (Lipinski definition) is 4. The molecule has 6 heteroatoms. The van der Waals surface area contributed by atoms with Crippen LogP contribution in [-0.4, -0.2) is 39.8 Å². The molecule has 1 aromatic rings. The molecule has 110 valence electrons. The second-order valence-corrected chi connectivity index (χ2v) is 4.49. The Morgan fingerprint density at radius 1 is 1.05 bits per heavy atom. The van der Waals surface area contributed by atoms with Crippen molar-refractivity contribution in [2.75, 3.05) is 6.54 Å². The van der Waals surface area contributed by atoms with Gasteiger partial charge in [-0.3, -0.25) is 9.59 Å². The number of hydrogen-bond donors (Lipinski definition) is 4. The first-order valence-corrected chi connectivity index (χ1v) is 6.40. The third kappa shape index (κ3) is 5.81. The Labute approximate surface area is 117 Å². The molecule has 20 heavy (non-hydrogen) atoms. The molecule has 1 aromatic carbocycles. The average molecular weight is 281 g/mol. The topological polar surface area (TPSA) is 107 Å². The molecule has 0 aliphatic carbocycles. The Morgan fingerprint density at radius 3 is 2.20 bits per heavy atom. The molecule has 0 saturated heterocycles. The molecule has 0 saturated carbocycles. The van der Waals surface area contributed by atoms with Gasteiger partial charge in [0.2, 0.25) is 0 Å². The predicted molar refractivity (Wildman–Crippen MR) is 72.3 cm³/mol. The summed E-state index contributed by atoms with van der Waals surface area (Å²) < 4.78 is 0. The van der Waals surface area contributed by atoms with Crippen LogP contribution in [0.15, 0.2) is 30.3 Å². The van der Waals surface area contributed by atoms with E-state index in [1.807, 2.05) is 6.07 Å². The number of carbonyl (C=O) groups is 2. The summed E-state index contributed by atoms with van der Waals surface area (Å²) in [7, 11) is 0. The zero-order chi connectivity index (χ0) is 15.0. The normalized spacial score (nSPS) is 13.7. The first-order chi connectivity index (χ1) is 9.50. The second-order valence-electron chi connectivity index (χ2n) is 4.49. The quantitative estimate of drug-likeness (QED) is 0.538. The highest BCUT2D eigenvalue weighted by molar-refractivity contribution is 5.67. The van der Waals surface area contributed by atoms with Gasteiger partial charge in [0.15, 0.2) is 0 Å². The molecule has 6 nitrogen and oxygen atoms in total. The lowest BCUT2D eigenvalue weighted by molar-refractivity contribution is -0.138. The van der Waals surface area contributed by atoms with Crippen LogP contribution in [0.4, 0.5) is 0 Å². The molecule has 0 radical (unpaired) electrons. The van der Waals surface area contributed by atoms with E-state index in [9.17, 15) is 14.7 Å². The van der Waals surface area contributed by atoms with E-state index < -0.39 is 24.1 Å². The van der Waals surface area contributed by atoms with Gasteiger partial charge in [-0.2, -0.15) is 0 Å². The van der Waals surface area contributed by atoms with Gasteiger partial charge in [0, 0.05) is 19.0 Å². The molecule has 2 unspecified atom stereocenters. The smallest absolute Gasteiger partial charge is 0.304 e. The van der Waals surface area contributed by atoms with E-state index in [-0.39, 0.29) is 25.8 Å². The molecule has 0 bridgehead atoms. The van der Waals surface area contributed by atoms with Crippen molar-refractivity contribution < 1.29 is 24.9 Å². The van der Waals surface area contributed by atoms with E-state index in [0.717, 1.165) is 0 Å². The van der Waals surface area contributed by atoms with Crippen molar-refractivity contribution in [3.8, 4) is 0 Å². The van der Waals surface area contributed by atoms with Gasteiger partial charge in [-0.15, -0.1) is 0 Å². The van der Waals surface area contributed by atoms with Crippen LogP contribution in [0, 0.1) is 0 Å². The lowest BCUT2D eigenvalue weighted by Gasteiger charge is -2.24. The zero-order valence-electron chi connectivity index (χ0n) is 11.0. The SMILES string of the molecule is O=C(O)CCNC(CCC(=O)O)C(O)c1ccccc1. The van der Waals surface area contributed by atoms with Crippen LogP contribution in [0.5, 0.6) is 0 Å². The van der Waals surface area contributed by atoms with Gasteiger partial charge in [-0.1, -0.05) is 30.3 Å². The van der Waals surface area contributed by atoms with Crippen LogP contribution in [0.3, 0.4) is 0 Å². The molecule has 2 atom stereocenters. The Balaban J connectivity index is 2.64. The molecular weight excluding hydrogens is 262 g/mol. The largest absolute Gasteiger partial charge is 0.481 e. The van der Waals surface area contributed by atoms with Crippen LogP contribution in [0.1, 0.15) is 30.9 Å². The fourth-order valence-corrected chi connectivity index (χ4v) is 1.90. The van der Waals surface area contributed by atoms with Gasteiger partial charge in [0.05, 0.1) is 12.5 Å². The number of aliphatic carboxylic acids is 2. The summed E-state index contributed by atoms with van der Waals surface area (Å²) in [5, 5.41) is 30.5. The minimum Gasteiger partial charge on any atom is -0.481 e. The second kappa shape index (κ2) is 8.29. The maximum Gasteiger partial charge on any atom is 0.304 e. The van der Waals surface area contributed by atoms with Crippen molar-refractivity contribution in [3.63, 3.8) is 0 Å². The van der Waals surface area contributed by atoms with Gasteiger partial charge in [0.25, 0.3) is 0 Å². The molecule has 0 aliphatic heterocycles. The van der Waals surface area contributed by atoms with E-state index in [4.69, 9.17) is 10.2 Å². The van der Waals surface area contributed by atoms with Gasteiger partial charge >= 0.3 is 11.9 Å². The first kappa shape index (κ1) is 16.1. The summed E-state index contributed by atoms with van der Waals surface area (Å²) in [6.45, 7) is 0.184. The molecular formula is C14H19NO5. The third-order valence-electron chi connectivity index (χ3n) is 2.94. The molecule has 0 spiro atoms. The van der Waals surface area contributed by atoms with Crippen molar-refractivity contribution in [1.29, 1.82) is 0 Å². The molecule has 4 N–H and O–H groups in total. The van der Waals surface area contributed by atoms with Gasteiger partial charge in [-0.05, 0) is 12.0 Å². The lowest BCUT2D eigenvalue weighted by atomic mass is 9.98. The van der Waals surface area contributed by atoms with E-state index in [2.05, 4.69) is 5.32 Å². The number of carboxylic acid groups (broad SMARTS) is 2. The van der Waals surface area contributed by atoms with Crippen LogP contribution < -0.4 is 5.32 Å². The Morgan fingerprint density at radius 2 is 1.65 bits per heavy atom. The maximum absolute atomic E-state index is 10.6. The van der Waals surface area contributed by atoms with Gasteiger partial charge in [0.1, 0.15) is 0 Å². The average Bonchev–Trinajstić information content (AvgIpc) is 2.42. The summed E-state index contributed by atoms with van der Waals surface area (Å²) >= 11 is 0. The standard InChI is InChI=1S/C14H19NO5/c16-12(17)7-6-11(15-9-8-13(18)19)14(20)10-4-2-1-3-5-10/h1-5,11,14-15,20H,6-9H2,(H,16,17)(H,18,19). The maximum atomic E-state index is 10.6. The van der Waals surface area contributed by atoms with Crippen LogP contribution in [0.25, 0.3) is 0 Å². The van der Waals surface area contributed by atoms with E-state index >= 15 is 0 Å². The van der Waals surface area contributed by atoms with E-state index in [0.29, 0.717) is 5.56 Å². The minimum absolute atomic E-state index is 0.0783. The summed E-state index contributed by atoms with van der Waals surface area (Å²) in [4.78, 5) is 21.1. The van der Waals surface area contributed by atoms with Crippen LogP contribution in [0.2, 0.25) is 0 Å². The van der Waals surface area contributed by atoms with E-state index in [1.165, 1.54) is 0 Å². The van der Waals surface area contributed by atoms with Crippen molar-refractivity contribution in [2.45, 2.75) is 31.4 Å². The van der Waals surface area contributed by atoms with Gasteiger partial charge < -0.3 is 20.6 Å². The summed E-state index contributed by atoms with van der Waals surface area (Å²) in [6.07, 6.45) is -0.811. The number of aliphatic hydroxyl groups is 1. The highest BCUT2D eigenvalue weighted by atomic mass is 16.4. The Bertz CT molecular complexity index is 434. The number of benzene rings is 1. The van der Waals surface area contributed by atoms with Crippen molar-refractivity contribution in [1.82, 2.24) is 5.32 Å². The summed E-state index contributed by atoms with van der Waals surface area (Å²) in [6, 6.07) is 8.39. The number of carboxylic acids is 2. The van der Waals surface area contributed by atoms with Gasteiger partial charge in [-0.25, -0.2) is 0 Å². The van der Waals surface area contributed by atoms with Crippen molar-refractivity contribution >= 4 is 11.9 Å². The highest BCUT2D eigenvalue weighted by Crippen LogP contribution is 2.19. The number of rotatable bonds is 9. The Kier molecular flexibility index (Phi) is 6.69. The fourth-order valence-electron chi connectivity index (χ4n) is 1.90. The van der Waals surface area contributed by atoms with Crippen molar-refractivity contribution in [2.24, 2.45) is 0 Å². The monoisotopic (exact) mass is 281 g/mol. The van der Waals surface area contributed by atoms with Crippen LogP contribution in [-0.2, 0) is 9.59 Å². The highest BCUT2D eigenvalue weighted by Gasteiger charge is 2.21. The molecule has 0 aliphatic rings. The number of nitrogens with one attached hydrogen (secondary N) is 1. The molecule has 0 aromatic heterocycles. The Hall–Kier alpha value is -1.92. The third-order valence-corrected chi connectivity index (χ3v) is 2.94. The van der Waals surface area contributed by atoms with E-state index in [1.54, 1.807) is 24.3 Å². The molecule has 1 rings (SSSR count). The number of aliphatic hydroxyl groups excluding tert-OH is 1. The summed E-state index contributed by atoms with van der Waals surface area (Å²) in [5.74, 6) is -1.89. The molecule has 0 heterocycles. The molecule has 0 fully saturated rings. The summed E-state index contributed by atoms with van der Waals surface area (Å²) in [5.41, 5.74) is 0.672. The van der Waals surface area contributed by atoms with Crippen molar-refractivity contribution in [3.05, 3.63) is 35.9 Å². The minimum atomic E-state index is -0.949. The molecule has 0 amide bonds. The first-order valence-electron chi connectivity index (χ1n) is 6.40.